The molecule has 258 valence electrons. The largest absolute Gasteiger partial charge is 0.448 e. The predicted octanol–water partition coefficient (Wildman–Crippen LogP) is 7.19. The first kappa shape index (κ1) is 33.9. The molecule has 13 heteroatoms. The molecule has 1 saturated carbocycles. The quantitative estimate of drug-likeness (QED) is 0.0894. The van der Waals surface area contributed by atoms with Crippen LogP contribution < -0.4 is 19.1 Å². The van der Waals surface area contributed by atoms with Crippen molar-refractivity contribution in [3.8, 4) is 28.4 Å². The van der Waals surface area contributed by atoms with Gasteiger partial charge in [-0.1, -0.05) is 0 Å². The van der Waals surface area contributed by atoms with Crippen LogP contribution in [0.4, 0.5) is 27.8 Å². The lowest BCUT2D eigenvalue weighted by molar-refractivity contribution is -0.123. The number of benzene rings is 2. The molecule has 1 aromatic heterocycles. The number of esters is 1. The van der Waals surface area contributed by atoms with E-state index in [1.807, 2.05) is 40.9 Å². The lowest BCUT2D eigenvalue weighted by Gasteiger charge is -2.39. The Balaban J connectivity index is 1.39. The Morgan fingerprint density at radius 3 is 2.06 bits per heavy atom. The second-order valence-corrected chi connectivity index (χ2v) is 13.3. The highest BCUT2D eigenvalue weighted by molar-refractivity contribution is 5.97. The van der Waals surface area contributed by atoms with Crippen molar-refractivity contribution in [3.05, 3.63) is 64.6 Å². The molecule has 48 heavy (non-hydrogen) atoms. The summed E-state index contributed by atoms with van der Waals surface area (Å²) < 4.78 is 94.3. The molecule has 3 heterocycles. The van der Waals surface area contributed by atoms with Gasteiger partial charge in [0.15, 0.2) is 11.5 Å². The third-order valence-electron chi connectivity index (χ3n) is 9.65. The Kier molecular flexibility index (Phi) is 9.05. The number of ether oxygens (including phenoxy) is 4. The van der Waals surface area contributed by atoms with Gasteiger partial charge in [-0.3, -0.25) is 0 Å². The number of halogens is 5. The summed E-state index contributed by atoms with van der Waals surface area (Å²) in [6.07, 6.45) is 5.16. The lowest BCUT2D eigenvalue weighted by Crippen LogP contribution is -2.46. The van der Waals surface area contributed by atoms with E-state index in [4.69, 9.17) is 18.9 Å². The molecule has 3 aromatic rings. The molecule has 0 spiro atoms. The highest BCUT2D eigenvalue weighted by atomic mass is 19.2. The summed E-state index contributed by atoms with van der Waals surface area (Å²) in [7, 11) is 4.10. The number of nitrogens with zero attached hydrogens (tertiary/aromatic N) is 3. The fourth-order valence-corrected chi connectivity index (χ4v) is 7.01. The van der Waals surface area contributed by atoms with Gasteiger partial charge < -0.3 is 28.7 Å². The van der Waals surface area contributed by atoms with Crippen molar-refractivity contribution >= 4 is 11.8 Å². The summed E-state index contributed by atoms with van der Waals surface area (Å²) >= 11 is 0. The van der Waals surface area contributed by atoms with E-state index in [-0.39, 0.29) is 35.0 Å². The first-order valence-electron chi connectivity index (χ1n) is 16.0. The van der Waals surface area contributed by atoms with E-state index in [1.54, 1.807) is 12.3 Å². The number of rotatable bonds is 6. The molecule has 3 aliphatic rings. The van der Waals surface area contributed by atoms with Crippen molar-refractivity contribution in [1.82, 2.24) is 9.88 Å². The van der Waals surface area contributed by atoms with Crippen molar-refractivity contribution in [1.29, 1.82) is 0 Å². The molecule has 3 atom stereocenters. The van der Waals surface area contributed by atoms with Crippen LogP contribution in [-0.2, 0) is 4.74 Å². The van der Waals surface area contributed by atoms with E-state index in [0.29, 0.717) is 36.0 Å². The Labute approximate surface area is 275 Å². The molecule has 0 radical (unpaired) electrons. The van der Waals surface area contributed by atoms with E-state index in [0.717, 1.165) is 31.5 Å². The van der Waals surface area contributed by atoms with Gasteiger partial charge in [-0.25, -0.2) is 22.9 Å². The minimum absolute atomic E-state index is 0.00269. The maximum atomic E-state index is 14.5. The van der Waals surface area contributed by atoms with Gasteiger partial charge in [0.1, 0.15) is 5.82 Å². The number of anilines is 1. The number of hydrogen-bond acceptors (Lipinski definition) is 8. The number of carbonyl (C=O) groups is 1. The van der Waals surface area contributed by atoms with Crippen LogP contribution in [0.25, 0.3) is 11.1 Å². The smallest absolute Gasteiger partial charge is 0.344 e. The molecule has 6 rings (SSSR count). The molecule has 1 unspecified atom stereocenters. The van der Waals surface area contributed by atoms with E-state index in [2.05, 4.69) is 14.8 Å². The average molecular weight is 676 g/mol. The van der Waals surface area contributed by atoms with Crippen molar-refractivity contribution in [2.24, 2.45) is 5.92 Å². The number of aromatic nitrogens is 1. The monoisotopic (exact) mass is 675 g/mol. The van der Waals surface area contributed by atoms with Crippen LogP contribution in [0.2, 0.25) is 0 Å². The van der Waals surface area contributed by atoms with Crippen LogP contribution in [-0.4, -0.2) is 67.1 Å². The Hall–Kier alpha value is -3.97. The molecule has 2 aromatic carbocycles. The Morgan fingerprint density at radius 2 is 1.50 bits per heavy atom. The maximum Gasteiger partial charge on any atom is 0.344 e. The highest BCUT2D eigenvalue weighted by Gasteiger charge is 2.48. The van der Waals surface area contributed by atoms with Crippen LogP contribution in [0.3, 0.4) is 0 Å². The van der Waals surface area contributed by atoms with Crippen molar-refractivity contribution in [2.45, 2.75) is 77.4 Å². The number of hydrogen-bond donors (Lipinski definition) is 0. The summed E-state index contributed by atoms with van der Waals surface area (Å²) in [5.74, 6) is -14.2. The zero-order chi connectivity index (χ0) is 34.7. The van der Waals surface area contributed by atoms with Crippen molar-refractivity contribution in [2.75, 3.05) is 32.1 Å². The van der Waals surface area contributed by atoms with Crippen LogP contribution >= 0.6 is 0 Å². The molecular formula is C35H38F5N3O5. The van der Waals surface area contributed by atoms with Crippen molar-refractivity contribution < 1.29 is 45.7 Å². The summed E-state index contributed by atoms with van der Waals surface area (Å²) in [5.41, 5.74) is 0.929. The number of morpholine rings is 1. The van der Waals surface area contributed by atoms with Crippen LogP contribution in [0, 0.1) is 41.9 Å². The number of fused-ring (bicyclic) bond motifs is 1. The number of pyridine rings is 1. The summed E-state index contributed by atoms with van der Waals surface area (Å²) in [6.45, 7) is 8.65. The molecule has 1 saturated heterocycles. The van der Waals surface area contributed by atoms with Crippen LogP contribution in [0.15, 0.2) is 24.4 Å². The normalized spacial score (nSPS) is 25.5. The molecule has 0 amide bonds. The second kappa shape index (κ2) is 12.8. The first-order valence-corrected chi connectivity index (χ1v) is 16.0. The fraction of sp³-hybridized carbons (Fsp3) is 0.486. The van der Waals surface area contributed by atoms with Gasteiger partial charge in [0.05, 0.1) is 17.8 Å². The van der Waals surface area contributed by atoms with Crippen LogP contribution in [0.5, 0.6) is 17.2 Å². The maximum absolute atomic E-state index is 14.5. The third-order valence-corrected chi connectivity index (χ3v) is 9.65. The molecule has 8 nitrogen and oxygen atoms in total. The van der Waals surface area contributed by atoms with Crippen LogP contribution in [0.1, 0.15) is 62.4 Å². The lowest BCUT2D eigenvalue weighted by atomic mass is 9.81. The SMILES string of the molecule is Cc1c(C(=O)Oc2c(F)c(F)c(F)c(F)c2F)cc(-c2ccc(N3C[C@@H](C)O[C@@H](C)C3)nc2)c2c1OC(C)(C1CCC(N(C)C)CC1)O2. The molecule has 0 bridgehead atoms. The zero-order valence-corrected chi connectivity index (χ0v) is 27.6. The Bertz CT molecular complexity index is 1690. The van der Waals surface area contributed by atoms with Gasteiger partial charge in [-0.05, 0) is 78.7 Å². The van der Waals surface area contributed by atoms with E-state index < -0.39 is 46.6 Å². The van der Waals surface area contributed by atoms with Crippen molar-refractivity contribution in [3.63, 3.8) is 0 Å². The van der Waals surface area contributed by atoms with Gasteiger partial charge in [0, 0.05) is 54.9 Å². The molecule has 2 aliphatic heterocycles. The topological polar surface area (TPSA) is 73.4 Å². The van der Waals surface area contributed by atoms with E-state index >= 15 is 0 Å². The fourth-order valence-electron chi connectivity index (χ4n) is 7.01. The summed E-state index contributed by atoms with van der Waals surface area (Å²) in [6, 6.07) is 5.46. The minimum Gasteiger partial charge on any atom is -0.448 e. The first-order chi connectivity index (χ1) is 22.7. The third kappa shape index (κ3) is 6.06. The highest BCUT2D eigenvalue weighted by Crippen LogP contribution is 2.53. The Morgan fingerprint density at radius 1 is 0.917 bits per heavy atom. The average Bonchev–Trinajstić information content (AvgIpc) is 3.43. The number of carbonyl (C=O) groups excluding carboxylic acids is 1. The molecule has 1 aliphatic carbocycles. The van der Waals surface area contributed by atoms with Gasteiger partial charge in [-0.2, -0.15) is 8.78 Å². The van der Waals surface area contributed by atoms with Gasteiger partial charge in [0.25, 0.3) is 5.79 Å². The van der Waals surface area contributed by atoms with Gasteiger partial charge >= 0.3 is 5.97 Å². The van der Waals surface area contributed by atoms with Gasteiger partial charge in [-0.15, -0.1) is 0 Å². The molecule has 2 fully saturated rings. The second-order valence-electron chi connectivity index (χ2n) is 13.3. The predicted molar refractivity (Wildman–Crippen MR) is 167 cm³/mol. The van der Waals surface area contributed by atoms with E-state index in [9.17, 15) is 26.7 Å². The summed E-state index contributed by atoms with van der Waals surface area (Å²) in [4.78, 5) is 22.5. The standard InChI is InChI=1S/C35H38F5N3O5/c1-17-15-43(16-18(2)45-17)25-12-7-20(14-41-25)24-13-23(34(44)46-33-29(39)27(37)26(36)28(38)30(33)40)19(3)31-32(24)48-35(4,47-31)21-8-10-22(11-9-21)42(5)6/h7,12-14,17-18,21-22H,8-11,15-16H2,1-6H3/t17-,18+,21?,22?,35?. The van der Waals surface area contributed by atoms with E-state index in [1.165, 1.54) is 13.0 Å². The minimum atomic E-state index is -2.36. The summed E-state index contributed by atoms with van der Waals surface area (Å²) in [5, 5.41) is 0. The molecule has 0 N–H and O–H groups in total. The van der Waals surface area contributed by atoms with Gasteiger partial charge in [0.2, 0.25) is 34.8 Å². The molecular weight excluding hydrogens is 637 g/mol. The zero-order valence-electron chi connectivity index (χ0n) is 27.6.